The summed E-state index contributed by atoms with van der Waals surface area (Å²) in [5.74, 6) is -0.0578. The third kappa shape index (κ3) is 1.67. The van der Waals surface area contributed by atoms with Crippen LogP contribution in [0.15, 0.2) is 30.3 Å². The minimum Gasteiger partial charge on any atom is -0.465 e. The van der Waals surface area contributed by atoms with Crippen LogP contribution in [-0.4, -0.2) is 12.6 Å². The molecule has 0 N–H and O–H groups in total. The van der Waals surface area contributed by atoms with E-state index in [1.165, 1.54) is 5.56 Å². The van der Waals surface area contributed by atoms with E-state index in [0.717, 1.165) is 12.8 Å². The van der Waals surface area contributed by atoms with Crippen LogP contribution >= 0.6 is 0 Å². The maximum atomic E-state index is 12.1. The molecular formula is C15H20O2. The molecule has 0 spiro atoms. The highest BCUT2D eigenvalue weighted by molar-refractivity contribution is 5.79. The summed E-state index contributed by atoms with van der Waals surface area (Å²) in [5, 5.41) is 0. The number of esters is 1. The van der Waals surface area contributed by atoms with Crippen LogP contribution in [0.5, 0.6) is 0 Å². The number of cyclic esters (lactones) is 1. The summed E-state index contributed by atoms with van der Waals surface area (Å²) in [6, 6.07) is 10.3. The number of ether oxygens (including phenoxy) is 1. The van der Waals surface area contributed by atoms with E-state index in [4.69, 9.17) is 4.74 Å². The normalized spacial score (nSPS) is 33.2. The van der Waals surface area contributed by atoms with Crippen LogP contribution in [0.25, 0.3) is 0 Å². The first-order valence-corrected chi connectivity index (χ1v) is 6.27. The van der Waals surface area contributed by atoms with Crippen LogP contribution < -0.4 is 0 Å². The molecule has 0 amide bonds. The van der Waals surface area contributed by atoms with E-state index < -0.39 is 5.41 Å². The third-order valence-electron chi connectivity index (χ3n) is 4.62. The smallest absolute Gasteiger partial charge is 0.312 e. The Morgan fingerprint density at radius 3 is 2.47 bits per heavy atom. The van der Waals surface area contributed by atoms with Gasteiger partial charge in [-0.15, -0.1) is 0 Å². The maximum absolute atomic E-state index is 12.1. The first-order valence-electron chi connectivity index (χ1n) is 6.27. The molecule has 1 heterocycles. The Balaban J connectivity index is 2.50. The summed E-state index contributed by atoms with van der Waals surface area (Å²) in [6.07, 6.45) is 1.70. The molecule has 2 rings (SSSR count). The largest absolute Gasteiger partial charge is 0.465 e. The fourth-order valence-corrected chi connectivity index (χ4v) is 2.81. The number of carbonyl (C=O) groups is 1. The van der Waals surface area contributed by atoms with Gasteiger partial charge in [0.05, 0.1) is 12.0 Å². The van der Waals surface area contributed by atoms with E-state index in [0.29, 0.717) is 6.61 Å². The molecule has 0 aromatic heterocycles. The lowest BCUT2D eigenvalue weighted by Crippen LogP contribution is -2.52. The van der Waals surface area contributed by atoms with E-state index in [-0.39, 0.29) is 11.4 Å². The molecule has 0 radical (unpaired) electrons. The number of benzene rings is 1. The fraction of sp³-hybridized carbons (Fsp3) is 0.533. The molecule has 2 nitrogen and oxygen atoms in total. The van der Waals surface area contributed by atoms with Gasteiger partial charge in [0.15, 0.2) is 0 Å². The molecule has 1 saturated heterocycles. The van der Waals surface area contributed by atoms with Crippen LogP contribution in [0.3, 0.4) is 0 Å². The Morgan fingerprint density at radius 2 is 1.88 bits per heavy atom. The number of hydrogen-bond acceptors (Lipinski definition) is 2. The molecule has 92 valence electrons. The van der Waals surface area contributed by atoms with Crippen molar-refractivity contribution in [1.82, 2.24) is 0 Å². The molecule has 1 fully saturated rings. The number of carbonyl (C=O) groups excluding carboxylic acids is 1. The molecule has 2 heteroatoms. The van der Waals surface area contributed by atoms with Gasteiger partial charge in [-0.05, 0) is 25.3 Å². The van der Waals surface area contributed by atoms with Gasteiger partial charge in [0.2, 0.25) is 0 Å². The standard InChI is InChI=1S/C15H20O2/c1-4-14(2)13(16)17-11-10-15(14,3)12-8-6-5-7-9-12/h5-9H,4,10-11H2,1-3H3. The van der Waals surface area contributed by atoms with Gasteiger partial charge in [0.1, 0.15) is 0 Å². The predicted octanol–water partition coefficient (Wildman–Crippen LogP) is 3.31. The zero-order chi connectivity index (χ0) is 12.5. The average molecular weight is 232 g/mol. The van der Waals surface area contributed by atoms with E-state index in [1.54, 1.807) is 0 Å². The monoisotopic (exact) mass is 232 g/mol. The van der Waals surface area contributed by atoms with Crippen molar-refractivity contribution < 1.29 is 9.53 Å². The summed E-state index contributed by atoms with van der Waals surface area (Å²) < 4.78 is 5.26. The van der Waals surface area contributed by atoms with Crippen molar-refractivity contribution in [2.45, 2.75) is 39.0 Å². The molecule has 17 heavy (non-hydrogen) atoms. The molecule has 1 aromatic rings. The summed E-state index contributed by atoms with van der Waals surface area (Å²) in [4.78, 5) is 12.1. The molecule has 1 aliphatic heterocycles. The van der Waals surface area contributed by atoms with Gasteiger partial charge in [0, 0.05) is 5.41 Å². The second-order valence-electron chi connectivity index (χ2n) is 5.27. The third-order valence-corrected chi connectivity index (χ3v) is 4.62. The van der Waals surface area contributed by atoms with Crippen LogP contribution in [0.1, 0.15) is 39.2 Å². The second kappa shape index (κ2) is 4.17. The molecule has 2 atom stereocenters. The maximum Gasteiger partial charge on any atom is 0.312 e. The first-order chi connectivity index (χ1) is 8.04. The summed E-state index contributed by atoms with van der Waals surface area (Å²) >= 11 is 0. The van der Waals surface area contributed by atoms with Crippen molar-refractivity contribution in [2.24, 2.45) is 5.41 Å². The van der Waals surface area contributed by atoms with E-state index in [2.05, 4.69) is 26.0 Å². The SMILES string of the molecule is CCC1(C)C(=O)OCCC1(C)c1ccccc1. The van der Waals surface area contributed by atoms with Crippen molar-refractivity contribution >= 4 is 5.97 Å². The highest BCUT2D eigenvalue weighted by atomic mass is 16.5. The lowest BCUT2D eigenvalue weighted by atomic mass is 9.58. The highest BCUT2D eigenvalue weighted by Crippen LogP contribution is 2.49. The molecule has 0 aliphatic carbocycles. The first kappa shape index (κ1) is 12.2. The number of rotatable bonds is 2. The zero-order valence-corrected chi connectivity index (χ0v) is 10.8. The molecule has 2 unspecified atom stereocenters. The predicted molar refractivity (Wildman–Crippen MR) is 67.8 cm³/mol. The highest BCUT2D eigenvalue weighted by Gasteiger charge is 2.53. The van der Waals surface area contributed by atoms with Crippen LogP contribution in [0.2, 0.25) is 0 Å². The average Bonchev–Trinajstić information content (AvgIpc) is 2.37. The van der Waals surface area contributed by atoms with Gasteiger partial charge < -0.3 is 4.74 Å². The topological polar surface area (TPSA) is 26.3 Å². The van der Waals surface area contributed by atoms with Crippen molar-refractivity contribution in [1.29, 1.82) is 0 Å². The zero-order valence-electron chi connectivity index (χ0n) is 10.8. The van der Waals surface area contributed by atoms with Crippen LogP contribution in [0, 0.1) is 5.41 Å². The van der Waals surface area contributed by atoms with Gasteiger partial charge in [-0.2, -0.15) is 0 Å². The summed E-state index contributed by atoms with van der Waals surface area (Å²) in [6.45, 7) is 6.81. The Bertz CT molecular complexity index is 412. The van der Waals surface area contributed by atoms with Gasteiger partial charge in [-0.1, -0.05) is 44.2 Å². The van der Waals surface area contributed by atoms with E-state index in [1.807, 2.05) is 25.1 Å². The van der Waals surface area contributed by atoms with Gasteiger partial charge in [-0.25, -0.2) is 0 Å². The fourth-order valence-electron chi connectivity index (χ4n) is 2.81. The van der Waals surface area contributed by atoms with Crippen molar-refractivity contribution in [3.05, 3.63) is 35.9 Å². The Hall–Kier alpha value is -1.31. The van der Waals surface area contributed by atoms with Crippen LogP contribution in [-0.2, 0) is 14.9 Å². The summed E-state index contributed by atoms with van der Waals surface area (Å²) in [5.41, 5.74) is 0.686. The minimum absolute atomic E-state index is 0.0578. The lowest BCUT2D eigenvalue weighted by molar-refractivity contribution is -0.169. The second-order valence-corrected chi connectivity index (χ2v) is 5.27. The number of hydrogen-bond donors (Lipinski definition) is 0. The Labute approximate surface area is 103 Å². The molecular weight excluding hydrogens is 212 g/mol. The van der Waals surface area contributed by atoms with Crippen molar-refractivity contribution in [3.8, 4) is 0 Å². The molecule has 1 aromatic carbocycles. The van der Waals surface area contributed by atoms with E-state index >= 15 is 0 Å². The van der Waals surface area contributed by atoms with Crippen molar-refractivity contribution in [2.75, 3.05) is 6.61 Å². The Kier molecular flexibility index (Phi) is 2.98. The van der Waals surface area contributed by atoms with Crippen LogP contribution in [0.4, 0.5) is 0 Å². The van der Waals surface area contributed by atoms with Crippen molar-refractivity contribution in [3.63, 3.8) is 0 Å². The quantitative estimate of drug-likeness (QED) is 0.731. The molecule has 0 saturated carbocycles. The Morgan fingerprint density at radius 1 is 1.24 bits per heavy atom. The lowest BCUT2D eigenvalue weighted by Gasteiger charge is -2.48. The van der Waals surface area contributed by atoms with Gasteiger partial charge in [-0.3, -0.25) is 4.79 Å². The minimum atomic E-state index is -0.424. The van der Waals surface area contributed by atoms with Gasteiger partial charge in [0.25, 0.3) is 0 Å². The van der Waals surface area contributed by atoms with Gasteiger partial charge >= 0.3 is 5.97 Å². The molecule has 0 bridgehead atoms. The molecule has 1 aliphatic rings. The van der Waals surface area contributed by atoms with E-state index in [9.17, 15) is 4.79 Å². The summed E-state index contributed by atoms with van der Waals surface area (Å²) in [7, 11) is 0.